The summed E-state index contributed by atoms with van der Waals surface area (Å²) in [5, 5.41) is 3.53. The third-order valence-corrected chi connectivity index (χ3v) is 8.02. The highest BCUT2D eigenvalue weighted by atomic mass is 35.5. The predicted molar refractivity (Wildman–Crippen MR) is 135 cm³/mol. The zero-order chi connectivity index (χ0) is 23.2. The first kappa shape index (κ1) is 21.9. The first-order chi connectivity index (χ1) is 15.9. The van der Waals surface area contributed by atoms with Crippen LogP contribution in [0.5, 0.6) is 0 Å². The summed E-state index contributed by atoms with van der Waals surface area (Å²) in [4.78, 5) is 29.8. The van der Waals surface area contributed by atoms with Crippen molar-refractivity contribution >= 4 is 46.7 Å². The van der Waals surface area contributed by atoms with Gasteiger partial charge in [0.25, 0.3) is 5.91 Å². The summed E-state index contributed by atoms with van der Waals surface area (Å²) >= 11 is 7.77. The molecule has 0 aliphatic carbocycles. The van der Waals surface area contributed by atoms with Crippen LogP contribution in [0.25, 0.3) is 0 Å². The van der Waals surface area contributed by atoms with Gasteiger partial charge in [-0.3, -0.25) is 9.69 Å². The molecule has 5 rings (SSSR count). The second-order valence-corrected chi connectivity index (χ2v) is 10.1. The Morgan fingerprint density at radius 2 is 1.91 bits per heavy atom. The Hall–Kier alpha value is -2.96. The van der Waals surface area contributed by atoms with Gasteiger partial charge in [0.05, 0.1) is 12.2 Å². The smallest absolute Gasteiger partial charge is 0.308 e. The molecular formula is C26H24ClN3O2S. The number of nitrogens with one attached hydrogen (secondary N) is 1. The maximum atomic E-state index is 14.0. The highest BCUT2D eigenvalue weighted by Gasteiger charge is 2.59. The van der Waals surface area contributed by atoms with Crippen LogP contribution in [0.1, 0.15) is 22.3 Å². The van der Waals surface area contributed by atoms with Gasteiger partial charge in [0.2, 0.25) is 0 Å². The number of carbonyl (C=O) groups excluding carboxylic acids is 2. The van der Waals surface area contributed by atoms with Crippen LogP contribution in [-0.2, 0) is 16.2 Å². The number of carbonyl (C=O) groups is 2. The van der Waals surface area contributed by atoms with Gasteiger partial charge in [-0.25, -0.2) is 4.79 Å². The summed E-state index contributed by atoms with van der Waals surface area (Å²) in [5.41, 5.74) is 5.48. The Morgan fingerprint density at radius 1 is 1.09 bits per heavy atom. The highest BCUT2D eigenvalue weighted by molar-refractivity contribution is 8.01. The largest absolute Gasteiger partial charge is 0.323 e. The molecule has 3 aromatic rings. The molecule has 7 heteroatoms. The second kappa shape index (κ2) is 8.43. The fraction of sp³-hybridized carbons (Fsp3) is 0.231. The number of benzene rings is 3. The third kappa shape index (κ3) is 3.67. The molecule has 0 unspecified atom stereocenters. The van der Waals surface area contributed by atoms with Crippen molar-refractivity contribution in [2.45, 2.75) is 25.3 Å². The molecule has 5 nitrogen and oxygen atoms in total. The summed E-state index contributed by atoms with van der Waals surface area (Å²) in [6.07, 6.45) is 0. The average molecular weight is 478 g/mol. The fourth-order valence-electron chi connectivity index (χ4n) is 4.58. The van der Waals surface area contributed by atoms with Crippen LogP contribution < -0.4 is 10.2 Å². The van der Waals surface area contributed by atoms with E-state index in [1.54, 1.807) is 11.0 Å². The Bertz CT molecular complexity index is 1260. The van der Waals surface area contributed by atoms with E-state index in [0.29, 0.717) is 29.6 Å². The molecule has 1 saturated heterocycles. The van der Waals surface area contributed by atoms with Crippen LogP contribution in [0.15, 0.2) is 66.7 Å². The van der Waals surface area contributed by atoms with Crippen LogP contribution in [-0.4, -0.2) is 29.1 Å². The third-order valence-electron chi connectivity index (χ3n) is 6.19. The molecule has 1 N–H and O–H groups in total. The number of thioether (sulfide) groups is 1. The van der Waals surface area contributed by atoms with Gasteiger partial charge in [-0.15, -0.1) is 11.8 Å². The minimum atomic E-state index is -1.07. The molecule has 0 saturated carbocycles. The number of amides is 3. The van der Waals surface area contributed by atoms with E-state index < -0.39 is 4.87 Å². The second-order valence-electron chi connectivity index (χ2n) is 8.44. The highest BCUT2D eigenvalue weighted by Crippen LogP contribution is 2.54. The number of nitrogens with zero attached hydrogens (tertiary/aromatic N) is 2. The maximum Gasteiger partial charge on any atom is 0.323 e. The molecule has 1 spiro atoms. The molecule has 1 atom stereocenters. The van der Waals surface area contributed by atoms with Crippen molar-refractivity contribution in [2.24, 2.45) is 0 Å². The van der Waals surface area contributed by atoms with Gasteiger partial charge in [0.1, 0.15) is 0 Å². The molecule has 0 bridgehead atoms. The van der Waals surface area contributed by atoms with Gasteiger partial charge in [-0.1, -0.05) is 65.7 Å². The van der Waals surface area contributed by atoms with E-state index in [-0.39, 0.29) is 11.9 Å². The lowest BCUT2D eigenvalue weighted by Gasteiger charge is -2.33. The summed E-state index contributed by atoms with van der Waals surface area (Å²) in [7, 11) is 0. The number of urea groups is 1. The van der Waals surface area contributed by atoms with Gasteiger partial charge in [-0.2, -0.15) is 0 Å². The lowest BCUT2D eigenvalue weighted by Crippen LogP contribution is -2.51. The Balaban J connectivity index is 1.50. The van der Waals surface area contributed by atoms with E-state index >= 15 is 0 Å². The number of fused-ring (bicyclic) bond motifs is 2. The van der Waals surface area contributed by atoms with Crippen LogP contribution >= 0.6 is 23.4 Å². The van der Waals surface area contributed by atoms with Gasteiger partial charge >= 0.3 is 6.03 Å². The van der Waals surface area contributed by atoms with E-state index in [1.807, 2.05) is 73.3 Å². The SMILES string of the molecule is Cc1cccc(CN2C(=O)[C@@]3(SCCN3C(=O)Nc3ccc(C)c(Cl)c3)c3ccccc32)c1. The topological polar surface area (TPSA) is 52.7 Å². The van der Waals surface area contributed by atoms with Crippen molar-refractivity contribution in [3.63, 3.8) is 0 Å². The maximum absolute atomic E-state index is 14.0. The van der Waals surface area contributed by atoms with Crippen LogP contribution in [0.3, 0.4) is 0 Å². The first-order valence-electron chi connectivity index (χ1n) is 10.9. The molecule has 2 heterocycles. The molecule has 33 heavy (non-hydrogen) atoms. The molecule has 0 radical (unpaired) electrons. The lowest BCUT2D eigenvalue weighted by molar-refractivity contribution is -0.123. The Morgan fingerprint density at radius 3 is 2.70 bits per heavy atom. The standard InChI is InChI=1S/C26H24ClN3O2S/c1-17-6-5-7-19(14-17)16-29-23-9-4-3-8-21(23)26(24(29)31)30(12-13-33-26)25(32)28-20-11-10-18(2)22(27)15-20/h3-11,14-15H,12-13,16H2,1-2H3,(H,28,32)/t26-/m0/s1. The minimum absolute atomic E-state index is 0.0789. The number of aryl methyl sites for hydroxylation is 2. The van der Waals surface area contributed by atoms with Crippen molar-refractivity contribution in [2.75, 3.05) is 22.5 Å². The minimum Gasteiger partial charge on any atom is -0.308 e. The molecule has 2 aliphatic heterocycles. The molecule has 3 amide bonds. The molecule has 2 aliphatic rings. The Kier molecular flexibility index (Phi) is 5.59. The van der Waals surface area contributed by atoms with Crippen molar-refractivity contribution in [3.05, 3.63) is 94.0 Å². The van der Waals surface area contributed by atoms with Crippen LogP contribution in [0, 0.1) is 13.8 Å². The normalized spacial score (nSPS) is 19.3. The van der Waals surface area contributed by atoms with Crippen LogP contribution in [0.2, 0.25) is 5.02 Å². The van der Waals surface area contributed by atoms with Crippen LogP contribution in [0.4, 0.5) is 16.2 Å². The number of hydrogen-bond acceptors (Lipinski definition) is 3. The van der Waals surface area contributed by atoms with Crippen molar-refractivity contribution in [3.8, 4) is 0 Å². The number of halogens is 1. The van der Waals surface area contributed by atoms with E-state index in [0.717, 1.165) is 27.9 Å². The van der Waals surface area contributed by atoms with Gasteiger partial charge in [0, 0.05) is 28.6 Å². The summed E-state index contributed by atoms with van der Waals surface area (Å²) in [6.45, 7) is 4.90. The number of hydrogen-bond donors (Lipinski definition) is 1. The lowest BCUT2D eigenvalue weighted by atomic mass is 10.1. The van der Waals surface area contributed by atoms with Crippen molar-refractivity contribution < 1.29 is 9.59 Å². The Labute approximate surface area is 202 Å². The number of rotatable bonds is 3. The predicted octanol–water partition coefficient (Wildman–Crippen LogP) is 5.94. The van der Waals surface area contributed by atoms with E-state index in [4.69, 9.17) is 11.6 Å². The quantitative estimate of drug-likeness (QED) is 0.508. The number of para-hydroxylation sites is 1. The summed E-state index contributed by atoms with van der Waals surface area (Å²) < 4.78 is 0. The zero-order valence-electron chi connectivity index (χ0n) is 18.5. The van der Waals surface area contributed by atoms with Gasteiger partial charge < -0.3 is 10.2 Å². The fourth-order valence-corrected chi connectivity index (χ4v) is 6.22. The summed E-state index contributed by atoms with van der Waals surface area (Å²) in [6, 6.07) is 21.1. The van der Waals surface area contributed by atoms with Crippen molar-refractivity contribution in [1.82, 2.24) is 4.90 Å². The van der Waals surface area contributed by atoms with E-state index in [2.05, 4.69) is 11.4 Å². The molecule has 168 valence electrons. The monoisotopic (exact) mass is 477 g/mol. The van der Waals surface area contributed by atoms with Crippen molar-refractivity contribution in [1.29, 1.82) is 0 Å². The van der Waals surface area contributed by atoms with E-state index in [1.165, 1.54) is 11.8 Å². The van der Waals surface area contributed by atoms with E-state index in [9.17, 15) is 9.59 Å². The molecule has 0 aromatic heterocycles. The first-order valence-corrected chi connectivity index (χ1v) is 12.2. The number of anilines is 2. The van der Waals surface area contributed by atoms with Gasteiger partial charge in [0.15, 0.2) is 4.87 Å². The van der Waals surface area contributed by atoms with Gasteiger partial charge in [-0.05, 0) is 43.2 Å². The zero-order valence-corrected chi connectivity index (χ0v) is 20.0. The average Bonchev–Trinajstić information content (AvgIpc) is 3.34. The molecular weight excluding hydrogens is 454 g/mol. The molecule has 1 fully saturated rings. The summed E-state index contributed by atoms with van der Waals surface area (Å²) in [5.74, 6) is 0.602. The molecule has 3 aromatic carbocycles.